The number of benzene rings is 2. The molecule has 0 aliphatic heterocycles. The lowest BCUT2D eigenvalue weighted by molar-refractivity contribution is 0.283. The summed E-state index contributed by atoms with van der Waals surface area (Å²) in [6, 6.07) is 7.99. The molecule has 2 rings (SSSR count). The molecule has 2 aromatic carbocycles. The van der Waals surface area contributed by atoms with Gasteiger partial charge in [0.2, 0.25) is 0 Å². The molecule has 0 heterocycles. The normalized spacial score (nSPS) is 12.2. The Morgan fingerprint density at radius 1 is 1.00 bits per heavy atom. The van der Waals surface area contributed by atoms with E-state index >= 15 is 0 Å². The molecule has 100 valence electrons. The van der Waals surface area contributed by atoms with Gasteiger partial charge in [0, 0.05) is 11.6 Å². The van der Waals surface area contributed by atoms with E-state index < -0.39 is 23.5 Å². The number of rotatable bonds is 4. The number of halogens is 3. The molecule has 2 N–H and O–H groups in total. The minimum atomic E-state index is -0.968. The summed E-state index contributed by atoms with van der Waals surface area (Å²) in [5.41, 5.74) is 5.45. The van der Waals surface area contributed by atoms with Gasteiger partial charge >= 0.3 is 0 Å². The molecule has 1 unspecified atom stereocenters. The third-order valence-corrected chi connectivity index (χ3v) is 2.60. The van der Waals surface area contributed by atoms with Crippen molar-refractivity contribution >= 4 is 0 Å². The fourth-order valence-electron chi connectivity index (χ4n) is 1.69. The van der Waals surface area contributed by atoms with E-state index in [1.165, 1.54) is 30.3 Å². The molecular formula is C14H12F3NO. The van der Waals surface area contributed by atoms with E-state index in [2.05, 4.69) is 0 Å². The fraction of sp³-hybridized carbons (Fsp3) is 0.143. The molecule has 0 fully saturated rings. The molecule has 0 aliphatic carbocycles. The van der Waals surface area contributed by atoms with Crippen molar-refractivity contribution in [1.82, 2.24) is 0 Å². The van der Waals surface area contributed by atoms with Crippen LogP contribution in [0.1, 0.15) is 11.6 Å². The van der Waals surface area contributed by atoms with Crippen molar-refractivity contribution in [3.8, 4) is 5.75 Å². The highest BCUT2D eigenvalue weighted by Crippen LogP contribution is 2.20. The Morgan fingerprint density at radius 3 is 2.26 bits per heavy atom. The molecule has 2 nitrogen and oxygen atoms in total. The van der Waals surface area contributed by atoms with Crippen molar-refractivity contribution in [1.29, 1.82) is 0 Å². The highest BCUT2D eigenvalue weighted by atomic mass is 19.1. The number of ether oxygens (including phenoxy) is 1. The average molecular weight is 267 g/mol. The van der Waals surface area contributed by atoms with Gasteiger partial charge in [0.15, 0.2) is 0 Å². The van der Waals surface area contributed by atoms with Gasteiger partial charge in [0.25, 0.3) is 0 Å². The molecule has 1 atom stereocenters. The maximum absolute atomic E-state index is 13.5. The van der Waals surface area contributed by atoms with Crippen molar-refractivity contribution in [3.63, 3.8) is 0 Å². The zero-order valence-electron chi connectivity index (χ0n) is 9.95. The van der Waals surface area contributed by atoms with Crippen LogP contribution in [0.2, 0.25) is 0 Å². The molecule has 0 saturated heterocycles. The number of hydrogen-bond acceptors (Lipinski definition) is 2. The van der Waals surface area contributed by atoms with Crippen molar-refractivity contribution < 1.29 is 17.9 Å². The van der Waals surface area contributed by atoms with E-state index in [9.17, 15) is 13.2 Å². The SMILES string of the molecule is NC(COc1cccc(F)c1)c1c(F)cccc1F. The van der Waals surface area contributed by atoms with E-state index in [-0.39, 0.29) is 17.9 Å². The standard InChI is InChI=1S/C14H12F3NO/c15-9-3-1-4-10(7-9)19-8-13(18)14-11(16)5-2-6-12(14)17/h1-7,13H,8,18H2. The molecule has 2 aromatic rings. The first-order chi connectivity index (χ1) is 9.08. The van der Waals surface area contributed by atoms with Gasteiger partial charge in [0.1, 0.15) is 29.8 Å². The van der Waals surface area contributed by atoms with E-state index in [0.717, 1.165) is 12.1 Å². The lowest BCUT2D eigenvalue weighted by Gasteiger charge is -2.15. The summed E-state index contributed by atoms with van der Waals surface area (Å²) < 4.78 is 45.0. The highest BCUT2D eigenvalue weighted by Gasteiger charge is 2.17. The molecule has 0 aromatic heterocycles. The van der Waals surface area contributed by atoms with Crippen LogP contribution in [0.15, 0.2) is 42.5 Å². The van der Waals surface area contributed by atoms with Gasteiger partial charge in [-0.3, -0.25) is 0 Å². The van der Waals surface area contributed by atoms with Crippen LogP contribution in [-0.4, -0.2) is 6.61 Å². The number of hydrogen-bond donors (Lipinski definition) is 1. The van der Waals surface area contributed by atoms with E-state index in [4.69, 9.17) is 10.5 Å². The summed E-state index contributed by atoms with van der Waals surface area (Å²) in [6.07, 6.45) is 0. The van der Waals surface area contributed by atoms with Crippen LogP contribution in [0.5, 0.6) is 5.75 Å². The average Bonchev–Trinajstić information content (AvgIpc) is 2.36. The highest BCUT2D eigenvalue weighted by molar-refractivity contribution is 5.25. The van der Waals surface area contributed by atoms with Crippen LogP contribution in [0.3, 0.4) is 0 Å². The largest absolute Gasteiger partial charge is 0.492 e. The van der Waals surface area contributed by atoms with Crippen molar-refractivity contribution in [2.45, 2.75) is 6.04 Å². The van der Waals surface area contributed by atoms with Crippen LogP contribution in [0.25, 0.3) is 0 Å². The maximum atomic E-state index is 13.5. The van der Waals surface area contributed by atoms with Crippen LogP contribution >= 0.6 is 0 Å². The number of nitrogens with two attached hydrogens (primary N) is 1. The van der Waals surface area contributed by atoms with Crippen LogP contribution in [-0.2, 0) is 0 Å². The topological polar surface area (TPSA) is 35.2 Å². The summed E-state index contributed by atoms with van der Waals surface area (Å²) >= 11 is 0. The van der Waals surface area contributed by atoms with Gasteiger partial charge in [-0.1, -0.05) is 12.1 Å². The molecule has 0 aliphatic rings. The second-order valence-electron chi connectivity index (χ2n) is 4.01. The summed E-state index contributed by atoms with van der Waals surface area (Å²) in [5, 5.41) is 0. The quantitative estimate of drug-likeness (QED) is 0.923. The molecule has 0 amide bonds. The van der Waals surface area contributed by atoms with Gasteiger partial charge < -0.3 is 10.5 Å². The predicted octanol–water partition coefficient (Wildman–Crippen LogP) is 3.18. The Labute approximate surface area is 108 Å². The van der Waals surface area contributed by atoms with Crippen LogP contribution < -0.4 is 10.5 Å². The van der Waals surface area contributed by atoms with Gasteiger partial charge in [-0.15, -0.1) is 0 Å². The van der Waals surface area contributed by atoms with E-state index in [0.29, 0.717) is 0 Å². The Morgan fingerprint density at radius 2 is 1.63 bits per heavy atom. The molecule has 0 radical (unpaired) electrons. The first-order valence-corrected chi connectivity index (χ1v) is 5.66. The Hall–Kier alpha value is -2.01. The van der Waals surface area contributed by atoms with Crippen LogP contribution in [0, 0.1) is 17.5 Å². The second kappa shape index (κ2) is 5.75. The monoisotopic (exact) mass is 267 g/mol. The minimum absolute atomic E-state index is 0.151. The molecule has 19 heavy (non-hydrogen) atoms. The lowest BCUT2D eigenvalue weighted by Crippen LogP contribution is -2.21. The zero-order chi connectivity index (χ0) is 13.8. The third kappa shape index (κ3) is 3.26. The molecule has 5 heteroatoms. The van der Waals surface area contributed by atoms with Crippen molar-refractivity contribution in [2.24, 2.45) is 5.73 Å². The summed E-state index contributed by atoms with van der Waals surface area (Å²) in [5.74, 6) is -1.65. The summed E-state index contributed by atoms with van der Waals surface area (Å²) in [6.45, 7) is -0.151. The predicted molar refractivity (Wildman–Crippen MR) is 65.2 cm³/mol. The Bertz CT molecular complexity index is 554. The molecular weight excluding hydrogens is 255 g/mol. The lowest BCUT2D eigenvalue weighted by atomic mass is 10.1. The van der Waals surface area contributed by atoms with E-state index in [1.807, 2.05) is 0 Å². The zero-order valence-corrected chi connectivity index (χ0v) is 9.95. The first kappa shape index (κ1) is 13.4. The second-order valence-corrected chi connectivity index (χ2v) is 4.01. The first-order valence-electron chi connectivity index (χ1n) is 5.66. The smallest absolute Gasteiger partial charge is 0.131 e. The molecule has 0 bridgehead atoms. The van der Waals surface area contributed by atoms with Crippen molar-refractivity contribution in [3.05, 3.63) is 65.5 Å². The fourth-order valence-corrected chi connectivity index (χ4v) is 1.69. The Kier molecular flexibility index (Phi) is 4.06. The van der Waals surface area contributed by atoms with Crippen LogP contribution in [0.4, 0.5) is 13.2 Å². The Balaban J connectivity index is 2.07. The van der Waals surface area contributed by atoms with Gasteiger partial charge in [-0.25, -0.2) is 13.2 Å². The maximum Gasteiger partial charge on any atom is 0.131 e. The van der Waals surface area contributed by atoms with Crippen molar-refractivity contribution in [2.75, 3.05) is 6.61 Å². The van der Waals surface area contributed by atoms with Gasteiger partial charge in [-0.05, 0) is 24.3 Å². The summed E-state index contributed by atoms with van der Waals surface area (Å²) in [4.78, 5) is 0. The summed E-state index contributed by atoms with van der Waals surface area (Å²) in [7, 11) is 0. The van der Waals surface area contributed by atoms with Gasteiger partial charge in [0.05, 0.1) is 6.04 Å². The third-order valence-electron chi connectivity index (χ3n) is 2.60. The molecule has 0 spiro atoms. The van der Waals surface area contributed by atoms with E-state index in [1.54, 1.807) is 0 Å². The molecule has 0 saturated carbocycles. The minimum Gasteiger partial charge on any atom is -0.492 e. The van der Waals surface area contributed by atoms with Gasteiger partial charge in [-0.2, -0.15) is 0 Å².